The number of hydrogen-bond acceptors (Lipinski definition) is 2. The summed E-state index contributed by atoms with van der Waals surface area (Å²) in [7, 11) is 0. The molecule has 2 amide bonds. The van der Waals surface area contributed by atoms with E-state index in [0.29, 0.717) is 12.1 Å². The lowest BCUT2D eigenvalue weighted by Crippen LogP contribution is -2.35. The molecule has 0 saturated heterocycles. The van der Waals surface area contributed by atoms with E-state index in [-0.39, 0.29) is 17.6 Å². The van der Waals surface area contributed by atoms with Gasteiger partial charge in [0.2, 0.25) is 0 Å². The average molecular weight is 262 g/mol. The lowest BCUT2D eigenvalue weighted by molar-refractivity contribution is 0.0697. The Bertz CT molecular complexity index is 497. The van der Waals surface area contributed by atoms with E-state index in [4.69, 9.17) is 5.11 Å². The quantitative estimate of drug-likeness (QED) is 0.714. The van der Waals surface area contributed by atoms with E-state index in [9.17, 15) is 9.59 Å². The fourth-order valence-electron chi connectivity index (χ4n) is 1.58. The van der Waals surface area contributed by atoms with Crippen LogP contribution in [0.5, 0.6) is 0 Å². The first-order valence-electron chi connectivity index (χ1n) is 5.96. The molecule has 19 heavy (non-hydrogen) atoms. The smallest absolute Gasteiger partial charge is 0.335 e. The molecule has 102 valence electrons. The second kappa shape index (κ2) is 6.58. The summed E-state index contributed by atoms with van der Waals surface area (Å²) in [6.45, 7) is 7.26. The highest BCUT2D eigenvalue weighted by Gasteiger charge is 2.10. The summed E-state index contributed by atoms with van der Waals surface area (Å²) in [5.41, 5.74) is 1.43. The molecule has 0 aromatic heterocycles. The molecule has 1 atom stereocenters. The predicted molar refractivity (Wildman–Crippen MR) is 74.6 cm³/mol. The van der Waals surface area contributed by atoms with Crippen LogP contribution in [0.1, 0.15) is 29.3 Å². The second-order valence-corrected chi connectivity index (χ2v) is 4.36. The minimum atomic E-state index is -1.02. The van der Waals surface area contributed by atoms with Crippen molar-refractivity contribution in [3.63, 3.8) is 0 Å². The maximum absolute atomic E-state index is 11.7. The van der Waals surface area contributed by atoms with Crippen LogP contribution in [0.2, 0.25) is 0 Å². The molecule has 0 aliphatic rings. The van der Waals surface area contributed by atoms with Gasteiger partial charge in [0.25, 0.3) is 0 Å². The van der Waals surface area contributed by atoms with Crippen LogP contribution in [0.3, 0.4) is 0 Å². The molecule has 5 heteroatoms. The third kappa shape index (κ3) is 4.46. The van der Waals surface area contributed by atoms with E-state index >= 15 is 0 Å². The van der Waals surface area contributed by atoms with Crippen molar-refractivity contribution in [3.8, 4) is 0 Å². The molecule has 1 unspecified atom stereocenters. The normalized spacial score (nSPS) is 11.5. The Kier molecular flexibility index (Phi) is 5.11. The van der Waals surface area contributed by atoms with Crippen LogP contribution in [0.15, 0.2) is 30.9 Å². The summed E-state index contributed by atoms with van der Waals surface area (Å²) in [6, 6.07) is 4.21. The first-order chi connectivity index (χ1) is 8.93. The summed E-state index contributed by atoms with van der Waals surface area (Å²) < 4.78 is 0. The first-order valence-corrected chi connectivity index (χ1v) is 5.96. The molecule has 1 aromatic carbocycles. The van der Waals surface area contributed by atoms with Crippen LogP contribution >= 0.6 is 0 Å². The SMILES string of the molecule is C=CCC(C)NC(=O)Nc1cc(C(=O)O)ccc1C. The first kappa shape index (κ1) is 14.8. The van der Waals surface area contributed by atoms with Crippen molar-refractivity contribution in [2.24, 2.45) is 0 Å². The van der Waals surface area contributed by atoms with Gasteiger partial charge in [0.05, 0.1) is 5.56 Å². The fourth-order valence-corrected chi connectivity index (χ4v) is 1.58. The summed E-state index contributed by atoms with van der Waals surface area (Å²) in [5, 5.41) is 14.3. The molecule has 0 saturated carbocycles. The minimum absolute atomic E-state index is 0.0273. The molecule has 0 radical (unpaired) electrons. The summed E-state index contributed by atoms with van der Waals surface area (Å²) in [4.78, 5) is 22.6. The van der Waals surface area contributed by atoms with E-state index in [0.717, 1.165) is 5.56 Å². The number of carbonyl (C=O) groups is 2. The molecule has 0 bridgehead atoms. The summed E-state index contributed by atoms with van der Waals surface area (Å²) >= 11 is 0. The van der Waals surface area contributed by atoms with E-state index in [1.54, 1.807) is 19.1 Å². The van der Waals surface area contributed by atoms with Gasteiger partial charge in [0.15, 0.2) is 0 Å². The van der Waals surface area contributed by atoms with Crippen LogP contribution in [-0.2, 0) is 0 Å². The number of hydrogen-bond donors (Lipinski definition) is 3. The number of aryl methyl sites for hydroxylation is 1. The van der Waals surface area contributed by atoms with Crippen molar-refractivity contribution in [2.45, 2.75) is 26.3 Å². The van der Waals surface area contributed by atoms with Gasteiger partial charge in [-0.3, -0.25) is 0 Å². The zero-order valence-corrected chi connectivity index (χ0v) is 11.1. The number of aromatic carboxylic acids is 1. The topological polar surface area (TPSA) is 78.4 Å². The van der Waals surface area contributed by atoms with Gasteiger partial charge < -0.3 is 15.7 Å². The van der Waals surface area contributed by atoms with Gasteiger partial charge in [-0.05, 0) is 38.0 Å². The lowest BCUT2D eigenvalue weighted by atomic mass is 10.1. The average Bonchev–Trinajstić information content (AvgIpc) is 2.31. The van der Waals surface area contributed by atoms with Crippen molar-refractivity contribution in [3.05, 3.63) is 42.0 Å². The Morgan fingerprint density at radius 1 is 1.47 bits per heavy atom. The maximum Gasteiger partial charge on any atom is 0.335 e. The molecule has 0 fully saturated rings. The number of amides is 2. The molecule has 0 aliphatic heterocycles. The monoisotopic (exact) mass is 262 g/mol. The van der Waals surface area contributed by atoms with Crippen molar-refractivity contribution >= 4 is 17.7 Å². The highest BCUT2D eigenvalue weighted by Crippen LogP contribution is 2.16. The van der Waals surface area contributed by atoms with Gasteiger partial charge in [-0.2, -0.15) is 0 Å². The number of urea groups is 1. The summed E-state index contributed by atoms with van der Waals surface area (Å²) in [6.07, 6.45) is 2.39. The third-order valence-corrected chi connectivity index (χ3v) is 2.63. The number of carboxylic acids is 1. The van der Waals surface area contributed by atoms with Crippen LogP contribution < -0.4 is 10.6 Å². The maximum atomic E-state index is 11.7. The molecule has 3 N–H and O–H groups in total. The number of anilines is 1. The number of nitrogens with one attached hydrogen (secondary N) is 2. The Balaban J connectivity index is 2.75. The van der Waals surface area contributed by atoms with Gasteiger partial charge in [0.1, 0.15) is 0 Å². The summed E-state index contributed by atoms with van der Waals surface area (Å²) in [5.74, 6) is -1.02. The van der Waals surface area contributed by atoms with Gasteiger partial charge in [-0.25, -0.2) is 9.59 Å². The van der Waals surface area contributed by atoms with Gasteiger partial charge in [-0.15, -0.1) is 6.58 Å². The van der Waals surface area contributed by atoms with Crippen molar-refractivity contribution in [1.82, 2.24) is 5.32 Å². The number of benzene rings is 1. The molecule has 0 spiro atoms. The van der Waals surface area contributed by atoms with Gasteiger partial charge >= 0.3 is 12.0 Å². The Morgan fingerprint density at radius 2 is 2.16 bits per heavy atom. The molecular weight excluding hydrogens is 244 g/mol. The molecule has 1 rings (SSSR count). The van der Waals surface area contributed by atoms with E-state index < -0.39 is 5.97 Å². The zero-order chi connectivity index (χ0) is 14.4. The van der Waals surface area contributed by atoms with Crippen molar-refractivity contribution < 1.29 is 14.7 Å². The van der Waals surface area contributed by atoms with Gasteiger partial charge in [-0.1, -0.05) is 12.1 Å². The molecule has 5 nitrogen and oxygen atoms in total. The van der Waals surface area contributed by atoms with E-state index in [1.165, 1.54) is 12.1 Å². The zero-order valence-electron chi connectivity index (χ0n) is 11.1. The van der Waals surface area contributed by atoms with E-state index in [2.05, 4.69) is 17.2 Å². The number of carbonyl (C=O) groups excluding carboxylic acids is 1. The van der Waals surface area contributed by atoms with Crippen LogP contribution in [0, 0.1) is 6.92 Å². The third-order valence-electron chi connectivity index (χ3n) is 2.63. The molecule has 1 aromatic rings. The standard InChI is InChI=1S/C14H18N2O3/c1-4-5-10(3)15-14(19)16-12-8-11(13(17)18)7-6-9(12)2/h4,6-8,10H,1,5H2,2-3H3,(H,17,18)(H2,15,16,19). The molecule has 0 aliphatic carbocycles. The largest absolute Gasteiger partial charge is 0.478 e. The van der Waals surface area contributed by atoms with Gasteiger partial charge in [0, 0.05) is 11.7 Å². The molecular formula is C14H18N2O3. The minimum Gasteiger partial charge on any atom is -0.478 e. The Labute approximate surface area is 112 Å². The predicted octanol–water partition coefficient (Wildman–Crippen LogP) is 2.78. The second-order valence-electron chi connectivity index (χ2n) is 4.36. The number of rotatable bonds is 5. The highest BCUT2D eigenvalue weighted by atomic mass is 16.4. The highest BCUT2D eigenvalue weighted by molar-refractivity contribution is 5.94. The van der Waals surface area contributed by atoms with Crippen LogP contribution in [0.25, 0.3) is 0 Å². The lowest BCUT2D eigenvalue weighted by Gasteiger charge is -2.14. The van der Waals surface area contributed by atoms with Crippen molar-refractivity contribution in [1.29, 1.82) is 0 Å². The fraction of sp³-hybridized carbons (Fsp3) is 0.286. The molecule has 0 heterocycles. The van der Waals surface area contributed by atoms with Crippen molar-refractivity contribution in [2.75, 3.05) is 5.32 Å². The van der Waals surface area contributed by atoms with Crippen LogP contribution in [0.4, 0.5) is 10.5 Å². The number of carboxylic acid groups (broad SMARTS) is 1. The Hall–Kier alpha value is -2.30. The Morgan fingerprint density at radius 3 is 2.74 bits per heavy atom. The van der Waals surface area contributed by atoms with Crippen LogP contribution in [-0.4, -0.2) is 23.1 Å². The van der Waals surface area contributed by atoms with E-state index in [1.807, 2.05) is 6.92 Å².